The van der Waals surface area contributed by atoms with E-state index < -0.39 is 0 Å². The minimum Gasteiger partial charge on any atom is -0.490 e. The van der Waals surface area contributed by atoms with Crippen LogP contribution >= 0.6 is 27.7 Å². The second-order valence-electron chi connectivity index (χ2n) is 4.63. The minimum absolute atomic E-state index is 0.350. The molecule has 100 valence electrons. The topological polar surface area (TPSA) is 21.3 Å². The van der Waals surface area contributed by atoms with Crippen molar-refractivity contribution < 1.29 is 4.74 Å². The van der Waals surface area contributed by atoms with E-state index in [1.807, 2.05) is 18.8 Å². The number of fused-ring (bicyclic) bond motifs is 1. The maximum absolute atomic E-state index is 6.10. The third kappa shape index (κ3) is 3.43. The first-order chi connectivity index (χ1) is 8.74. The van der Waals surface area contributed by atoms with Crippen LogP contribution in [0.3, 0.4) is 0 Å². The van der Waals surface area contributed by atoms with Gasteiger partial charge in [0.1, 0.15) is 11.9 Å². The zero-order valence-electron chi connectivity index (χ0n) is 10.9. The van der Waals surface area contributed by atoms with E-state index in [1.54, 1.807) is 0 Å². The molecule has 1 aliphatic heterocycles. The molecular formula is C14H20BrNOS. The van der Waals surface area contributed by atoms with E-state index >= 15 is 0 Å². The molecule has 1 aromatic rings. The standard InChI is InChI=1S/C14H20BrNOS/c1-16-13-9-11(4-3-7-18-2)17-14-6-5-10(15)8-12(13)14/h5-6,8,11,13,16H,3-4,7,9H2,1-2H3. The predicted molar refractivity (Wildman–Crippen MR) is 82.6 cm³/mol. The van der Waals surface area contributed by atoms with E-state index in [0.29, 0.717) is 12.1 Å². The summed E-state index contributed by atoms with van der Waals surface area (Å²) in [5, 5.41) is 3.40. The molecule has 1 aliphatic rings. The smallest absolute Gasteiger partial charge is 0.124 e. The molecule has 1 N–H and O–H groups in total. The second-order valence-corrected chi connectivity index (χ2v) is 6.54. The Hall–Kier alpha value is -0.190. The van der Waals surface area contributed by atoms with Gasteiger partial charge < -0.3 is 10.1 Å². The molecule has 0 aromatic heterocycles. The van der Waals surface area contributed by atoms with Gasteiger partial charge in [0, 0.05) is 22.5 Å². The summed E-state index contributed by atoms with van der Waals surface area (Å²) in [6.45, 7) is 0. The highest BCUT2D eigenvalue weighted by atomic mass is 79.9. The summed E-state index contributed by atoms with van der Waals surface area (Å²) in [5.74, 6) is 2.26. The van der Waals surface area contributed by atoms with Gasteiger partial charge in [0.05, 0.1) is 0 Å². The van der Waals surface area contributed by atoms with Crippen LogP contribution in [0.4, 0.5) is 0 Å². The van der Waals surface area contributed by atoms with Gasteiger partial charge in [0.2, 0.25) is 0 Å². The lowest BCUT2D eigenvalue weighted by Crippen LogP contribution is -2.31. The van der Waals surface area contributed by atoms with Crippen molar-refractivity contribution in [3.8, 4) is 5.75 Å². The van der Waals surface area contributed by atoms with Crippen LogP contribution in [0.15, 0.2) is 22.7 Å². The van der Waals surface area contributed by atoms with E-state index in [9.17, 15) is 0 Å². The van der Waals surface area contributed by atoms with Crippen LogP contribution in [0.2, 0.25) is 0 Å². The third-order valence-electron chi connectivity index (χ3n) is 3.36. The van der Waals surface area contributed by atoms with Gasteiger partial charge in [-0.3, -0.25) is 0 Å². The summed E-state index contributed by atoms with van der Waals surface area (Å²) in [6.07, 6.45) is 5.95. The first-order valence-corrected chi connectivity index (χ1v) is 8.55. The Morgan fingerprint density at radius 1 is 1.50 bits per heavy atom. The molecule has 4 heteroatoms. The van der Waals surface area contributed by atoms with Gasteiger partial charge in [0.25, 0.3) is 0 Å². The Bertz CT molecular complexity index is 399. The molecule has 0 spiro atoms. The van der Waals surface area contributed by atoms with Crippen LogP contribution in [0.1, 0.15) is 30.9 Å². The van der Waals surface area contributed by atoms with Crippen LogP contribution in [0, 0.1) is 0 Å². The summed E-state index contributed by atoms with van der Waals surface area (Å²) in [6, 6.07) is 6.69. The maximum atomic E-state index is 6.10. The van der Waals surface area contributed by atoms with Crippen molar-refractivity contribution in [2.45, 2.75) is 31.4 Å². The maximum Gasteiger partial charge on any atom is 0.124 e. The number of thioether (sulfide) groups is 1. The van der Waals surface area contributed by atoms with E-state index in [2.05, 4.69) is 45.7 Å². The molecule has 18 heavy (non-hydrogen) atoms. The third-order valence-corrected chi connectivity index (χ3v) is 4.55. The first-order valence-electron chi connectivity index (χ1n) is 6.37. The molecule has 1 aromatic carbocycles. The molecular weight excluding hydrogens is 310 g/mol. The van der Waals surface area contributed by atoms with Crippen molar-refractivity contribution in [2.24, 2.45) is 0 Å². The predicted octanol–water partition coefficient (Wildman–Crippen LogP) is 4.00. The summed E-state index contributed by atoms with van der Waals surface area (Å²) in [4.78, 5) is 0. The molecule has 0 radical (unpaired) electrons. The van der Waals surface area contributed by atoms with Gasteiger partial charge in [-0.1, -0.05) is 15.9 Å². The van der Waals surface area contributed by atoms with Gasteiger partial charge in [-0.2, -0.15) is 11.8 Å². The fraction of sp³-hybridized carbons (Fsp3) is 0.571. The highest BCUT2D eigenvalue weighted by Gasteiger charge is 2.26. The molecule has 0 saturated carbocycles. The van der Waals surface area contributed by atoms with E-state index in [0.717, 1.165) is 23.1 Å². The average Bonchev–Trinajstić information content (AvgIpc) is 2.38. The Balaban J connectivity index is 2.08. The van der Waals surface area contributed by atoms with Gasteiger partial charge in [-0.25, -0.2) is 0 Å². The van der Waals surface area contributed by atoms with Crippen molar-refractivity contribution >= 4 is 27.7 Å². The minimum atomic E-state index is 0.350. The average molecular weight is 330 g/mol. The number of halogens is 1. The Labute approximate surface area is 122 Å². The Morgan fingerprint density at radius 2 is 2.33 bits per heavy atom. The van der Waals surface area contributed by atoms with Gasteiger partial charge in [-0.15, -0.1) is 0 Å². The van der Waals surface area contributed by atoms with Crippen LogP contribution in [-0.2, 0) is 0 Å². The summed E-state index contributed by atoms with van der Waals surface area (Å²) >= 11 is 5.43. The van der Waals surface area contributed by atoms with E-state index in [1.165, 1.54) is 17.7 Å². The Morgan fingerprint density at radius 3 is 3.06 bits per heavy atom. The van der Waals surface area contributed by atoms with Crippen molar-refractivity contribution in [3.05, 3.63) is 28.2 Å². The zero-order valence-corrected chi connectivity index (χ0v) is 13.3. The van der Waals surface area contributed by atoms with E-state index in [-0.39, 0.29) is 0 Å². The molecule has 0 fully saturated rings. The largest absolute Gasteiger partial charge is 0.490 e. The Kier molecular flexibility index (Phi) is 5.39. The SMILES string of the molecule is CNC1CC(CCCSC)Oc2ccc(Br)cc21. The zero-order chi connectivity index (χ0) is 13.0. The number of hydrogen-bond acceptors (Lipinski definition) is 3. The quantitative estimate of drug-likeness (QED) is 0.825. The number of benzene rings is 1. The molecule has 0 saturated heterocycles. The molecule has 0 bridgehead atoms. The lowest BCUT2D eigenvalue weighted by Gasteiger charge is -2.32. The second kappa shape index (κ2) is 6.83. The van der Waals surface area contributed by atoms with E-state index in [4.69, 9.17) is 4.74 Å². The normalized spacial score (nSPS) is 22.4. The summed E-state index contributed by atoms with van der Waals surface area (Å²) in [7, 11) is 2.03. The molecule has 2 rings (SSSR count). The number of nitrogens with one attached hydrogen (secondary N) is 1. The monoisotopic (exact) mass is 329 g/mol. The number of rotatable bonds is 5. The first kappa shape index (κ1) is 14.2. The van der Waals surface area contributed by atoms with Crippen LogP contribution in [-0.4, -0.2) is 25.2 Å². The molecule has 2 atom stereocenters. The van der Waals surface area contributed by atoms with Gasteiger partial charge >= 0.3 is 0 Å². The molecule has 2 unspecified atom stereocenters. The van der Waals surface area contributed by atoms with Crippen molar-refractivity contribution in [1.29, 1.82) is 0 Å². The highest BCUT2D eigenvalue weighted by Crippen LogP contribution is 2.37. The lowest BCUT2D eigenvalue weighted by atomic mass is 9.95. The van der Waals surface area contributed by atoms with Crippen LogP contribution in [0.25, 0.3) is 0 Å². The highest BCUT2D eigenvalue weighted by molar-refractivity contribution is 9.10. The number of ether oxygens (including phenoxy) is 1. The fourth-order valence-corrected chi connectivity index (χ4v) is 3.26. The number of hydrogen-bond donors (Lipinski definition) is 1. The molecule has 0 aliphatic carbocycles. The summed E-state index contributed by atoms with van der Waals surface area (Å²) in [5.41, 5.74) is 1.27. The lowest BCUT2D eigenvalue weighted by molar-refractivity contribution is 0.142. The summed E-state index contributed by atoms with van der Waals surface area (Å²) < 4.78 is 7.21. The molecule has 1 heterocycles. The van der Waals surface area contributed by atoms with Crippen LogP contribution < -0.4 is 10.1 Å². The van der Waals surface area contributed by atoms with Gasteiger partial charge in [0.15, 0.2) is 0 Å². The van der Waals surface area contributed by atoms with Gasteiger partial charge in [-0.05, 0) is 50.1 Å². The molecule has 2 nitrogen and oxygen atoms in total. The van der Waals surface area contributed by atoms with Crippen molar-refractivity contribution in [1.82, 2.24) is 5.32 Å². The fourth-order valence-electron chi connectivity index (χ4n) is 2.42. The molecule has 0 amide bonds. The van der Waals surface area contributed by atoms with Crippen molar-refractivity contribution in [3.63, 3.8) is 0 Å². The van der Waals surface area contributed by atoms with Crippen molar-refractivity contribution in [2.75, 3.05) is 19.1 Å². The van der Waals surface area contributed by atoms with Crippen LogP contribution in [0.5, 0.6) is 5.75 Å².